The first-order chi connectivity index (χ1) is 13.4. The number of nitrogens with one attached hydrogen (secondary N) is 1. The number of aryl methyl sites for hydroxylation is 1. The van der Waals surface area contributed by atoms with Gasteiger partial charge in [-0.05, 0) is 57.2 Å². The Morgan fingerprint density at radius 1 is 1.25 bits per heavy atom. The number of hydrogen-bond acceptors (Lipinski definition) is 4. The second kappa shape index (κ2) is 7.66. The average molecular weight is 383 g/mol. The van der Waals surface area contributed by atoms with Gasteiger partial charge in [0.1, 0.15) is 6.54 Å². The molecule has 2 aromatic rings. The molecule has 2 aliphatic rings. The van der Waals surface area contributed by atoms with Crippen molar-refractivity contribution in [3.8, 4) is 0 Å². The third-order valence-corrected chi connectivity index (χ3v) is 5.87. The van der Waals surface area contributed by atoms with Crippen molar-refractivity contribution < 1.29 is 4.79 Å². The summed E-state index contributed by atoms with van der Waals surface area (Å²) >= 11 is 0. The number of hydrogen-bond donors (Lipinski definition) is 1. The van der Waals surface area contributed by atoms with E-state index in [9.17, 15) is 9.59 Å². The van der Waals surface area contributed by atoms with Crippen LogP contribution in [0.5, 0.6) is 0 Å². The van der Waals surface area contributed by atoms with Crippen LogP contribution in [0.2, 0.25) is 0 Å². The molecule has 1 aromatic carbocycles. The second-order valence-electron chi connectivity index (χ2n) is 8.68. The monoisotopic (exact) mass is 382 g/mol. The maximum atomic E-state index is 12.9. The van der Waals surface area contributed by atoms with Gasteiger partial charge in [0.25, 0.3) is 5.56 Å². The molecule has 1 atom stereocenters. The number of nitrogens with zero attached hydrogens (tertiary/aromatic N) is 3. The smallest absolute Gasteiger partial charge is 0.275 e. The Morgan fingerprint density at radius 2 is 2.04 bits per heavy atom. The van der Waals surface area contributed by atoms with Crippen molar-refractivity contribution in [2.24, 2.45) is 0 Å². The maximum Gasteiger partial charge on any atom is 0.275 e. The highest BCUT2D eigenvalue weighted by molar-refractivity contribution is 5.85. The molecule has 6 nitrogen and oxygen atoms in total. The van der Waals surface area contributed by atoms with Gasteiger partial charge in [-0.2, -0.15) is 5.10 Å². The lowest BCUT2D eigenvalue weighted by molar-refractivity contribution is -0.123. The molecule has 1 amide bonds. The summed E-state index contributed by atoms with van der Waals surface area (Å²) in [6, 6.07) is 6.70. The number of carbonyl (C=O) groups is 1. The van der Waals surface area contributed by atoms with Crippen LogP contribution in [0.25, 0.3) is 10.8 Å². The van der Waals surface area contributed by atoms with Crippen LogP contribution in [0.4, 0.5) is 0 Å². The van der Waals surface area contributed by atoms with Crippen molar-refractivity contribution in [1.82, 2.24) is 20.0 Å². The number of fused-ring (bicyclic) bond motifs is 1. The third-order valence-electron chi connectivity index (χ3n) is 5.87. The molecule has 150 valence electrons. The van der Waals surface area contributed by atoms with Crippen molar-refractivity contribution in [2.75, 3.05) is 13.1 Å². The molecule has 0 unspecified atom stereocenters. The van der Waals surface area contributed by atoms with Crippen molar-refractivity contribution in [1.29, 1.82) is 0 Å². The summed E-state index contributed by atoms with van der Waals surface area (Å²) in [5.41, 5.74) is 1.77. The Labute approximate surface area is 165 Å². The summed E-state index contributed by atoms with van der Waals surface area (Å²) in [7, 11) is 0. The standard InChI is InChI=1S/C22H30N4O2/c1-14(2)21-19-11-15(3)6-9-18(19)22(28)26(24-21)13-20(27)23-16-5-4-10-25(12-16)17-7-8-17/h6,9,11,14,16-17H,4-5,7-8,10,12-13H2,1-3H3,(H,23,27)/t16-/m1/s1. The molecule has 1 aromatic heterocycles. The van der Waals surface area contributed by atoms with E-state index in [1.165, 1.54) is 17.5 Å². The fraction of sp³-hybridized carbons (Fsp3) is 0.591. The van der Waals surface area contributed by atoms with E-state index in [0.717, 1.165) is 48.6 Å². The molecule has 0 radical (unpaired) electrons. The summed E-state index contributed by atoms with van der Waals surface area (Å²) in [5, 5.41) is 9.22. The van der Waals surface area contributed by atoms with Crippen molar-refractivity contribution in [3.05, 3.63) is 39.8 Å². The van der Waals surface area contributed by atoms with Gasteiger partial charge in [-0.3, -0.25) is 14.5 Å². The highest BCUT2D eigenvalue weighted by Gasteiger charge is 2.33. The molecule has 1 N–H and O–H groups in total. The normalized spacial score (nSPS) is 20.6. The Balaban J connectivity index is 1.53. The molecular formula is C22H30N4O2. The van der Waals surface area contributed by atoms with Crippen LogP contribution in [0.3, 0.4) is 0 Å². The highest BCUT2D eigenvalue weighted by Crippen LogP contribution is 2.29. The predicted molar refractivity (Wildman–Crippen MR) is 111 cm³/mol. The Hall–Kier alpha value is -2.21. The van der Waals surface area contributed by atoms with Crippen LogP contribution < -0.4 is 10.9 Å². The van der Waals surface area contributed by atoms with Gasteiger partial charge >= 0.3 is 0 Å². The minimum Gasteiger partial charge on any atom is -0.350 e. The highest BCUT2D eigenvalue weighted by atomic mass is 16.2. The largest absolute Gasteiger partial charge is 0.350 e. The molecule has 1 saturated heterocycles. The molecule has 6 heteroatoms. The van der Waals surface area contributed by atoms with Gasteiger partial charge in [0.05, 0.1) is 11.1 Å². The molecular weight excluding hydrogens is 352 g/mol. The van der Waals surface area contributed by atoms with Crippen LogP contribution in [0.15, 0.2) is 23.0 Å². The minimum atomic E-state index is -0.196. The van der Waals surface area contributed by atoms with Crippen molar-refractivity contribution in [2.45, 2.75) is 71.0 Å². The van der Waals surface area contributed by atoms with Gasteiger partial charge in [0.2, 0.25) is 5.91 Å². The SMILES string of the molecule is Cc1ccc2c(=O)n(CC(=O)N[C@@H]3CCCN(C4CC4)C3)nc(C(C)C)c2c1. The molecule has 2 fully saturated rings. The number of rotatable bonds is 5. The van der Waals surface area contributed by atoms with E-state index in [-0.39, 0.29) is 30.0 Å². The van der Waals surface area contributed by atoms with Gasteiger partial charge < -0.3 is 5.32 Å². The summed E-state index contributed by atoms with van der Waals surface area (Å²) in [4.78, 5) is 28.1. The topological polar surface area (TPSA) is 67.2 Å². The van der Waals surface area contributed by atoms with E-state index >= 15 is 0 Å². The predicted octanol–water partition coefficient (Wildman–Crippen LogP) is 2.57. The van der Waals surface area contributed by atoms with Gasteiger partial charge in [-0.1, -0.05) is 25.5 Å². The van der Waals surface area contributed by atoms with E-state index in [4.69, 9.17) is 0 Å². The maximum absolute atomic E-state index is 12.9. The van der Waals surface area contributed by atoms with E-state index in [1.54, 1.807) is 0 Å². The zero-order valence-corrected chi connectivity index (χ0v) is 17.1. The van der Waals surface area contributed by atoms with Gasteiger partial charge in [0, 0.05) is 24.0 Å². The molecule has 0 bridgehead atoms. The molecule has 28 heavy (non-hydrogen) atoms. The molecule has 4 rings (SSSR count). The number of benzene rings is 1. The van der Waals surface area contributed by atoms with Gasteiger partial charge in [-0.25, -0.2) is 4.68 Å². The van der Waals surface area contributed by atoms with Crippen LogP contribution in [0, 0.1) is 6.92 Å². The lowest BCUT2D eigenvalue weighted by Gasteiger charge is -2.33. The Bertz CT molecular complexity index is 945. The molecule has 2 heterocycles. The summed E-state index contributed by atoms with van der Waals surface area (Å²) in [5.74, 6) is 0.0445. The fourth-order valence-electron chi connectivity index (χ4n) is 4.26. The van der Waals surface area contributed by atoms with E-state index < -0.39 is 0 Å². The van der Waals surface area contributed by atoms with Crippen LogP contribution >= 0.6 is 0 Å². The fourth-order valence-corrected chi connectivity index (χ4v) is 4.26. The summed E-state index contributed by atoms with van der Waals surface area (Å²) in [6.07, 6.45) is 4.70. The first-order valence-electron chi connectivity index (χ1n) is 10.5. The lowest BCUT2D eigenvalue weighted by Crippen LogP contribution is -2.49. The average Bonchev–Trinajstić information content (AvgIpc) is 3.49. The van der Waals surface area contributed by atoms with Crippen LogP contribution in [0.1, 0.15) is 56.7 Å². The van der Waals surface area contributed by atoms with Crippen LogP contribution in [-0.2, 0) is 11.3 Å². The number of likely N-dealkylation sites (tertiary alicyclic amines) is 1. The molecule has 0 spiro atoms. The zero-order chi connectivity index (χ0) is 19.8. The van der Waals surface area contributed by atoms with Crippen molar-refractivity contribution in [3.63, 3.8) is 0 Å². The van der Waals surface area contributed by atoms with Gasteiger partial charge in [0.15, 0.2) is 0 Å². The number of amides is 1. The third kappa shape index (κ3) is 3.97. The molecule has 1 aliphatic heterocycles. The Morgan fingerprint density at radius 3 is 2.75 bits per heavy atom. The Kier molecular flexibility index (Phi) is 5.23. The van der Waals surface area contributed by atoms with E-state index in [2.05, 4.69) is 29.2 Å². The summed E-state index contributed by atoms with van der Waals surface area (Å²) < 4.78 is 1.34. The minimum absolute atomic E-state index is 0.0255. The zero-order valence-electron chi connectivity index (χ0n) is 17.1. The van der Waals surface area contributed by atoms with E-state index in [1.807, 2.05) is 25.1 Å². The first-order valence-corrected chi connectivity index (χ1v) is 10.5. The van der Waals surface area contributed by atoms with E-state index in [0.29, 0.717) is 5.39 Å². The summed E-state index contributed by atoms with van der Waals surface area (Å²) in [6.45, 7) is 8.17. The quantitative estimate of drug-likeness (QED) is 0.863. The number of aromatic nitrogens is 2. The number of piperidine rings is 1. The van der Waals surface area contributed by atoms with Crippen LogP contribution in [-0.4, -0.2) is 45.8 Å². The first kappa shape index (κ1) is 19.1. The molecule has 1 saturated carbocycles. The van der Waals surface area contributed by atoms with Gasteiger partial charge in [-0.15, -0.1) is 0 Å². The molecule has 1 aliphatic carbocycles. The lowest BCUT2D eigenvalue weighted by atomic mass is 10.0. The van der Waals surface area contributed by atoms with Crippen molar-refractivity contribution >= 4 is 16.7 Å². The second-order valence-corrected chi connectivity index (χ2v) is 8.68. The number of carbonyl (C=O) groups excluding carboxylic acids is 1.